The van der Waals surface area contributed by atoms with Crippen molar-refractivity contribution in [1.82, 2.24) is 19.7 Å². The highest BCUT2D eigenvalue weighted by atomic mass is 35.5. The van der Waals surface area contributed by atoms with E-state index in [1.54, 1.807) is 19.4 Å². The van der Waals surface area contributed by atoms with Gasteiger partial charge in [-0.05, 0) is 24.3 Å². The van der Waals surface area contributed by atoms with Crippen LogP contribution in [0, 0.1) is 0 Å². The number of nitrogens with zero attached hydrogens (tertiary/aromatic N) is 6. The number of hydrogen-bond acceptors (Lipinski definition) is 9. The van der Waals surface area contributed by atoms with Crippen molar-refractivity contribution in [2.45, 2.75) is 23.8 Å². The molecule has 0 aliphatic carbocycles. The number of anilines is 1. The molecule has 1 fully saturated rings. The zero-order chi connectivity index (χ0) is 24.3. The lowest BCUT2D eigenvalue weighted by Crippen LogP contribution is -2.39. The van der Waals surface area contributed by atoms with Crippen molar-refractivity contribution < 1.29 is 13.2 Å². The number of piperidine rings is 1. The predicted octanol–water partition coefficient (Wildman–Crippen LogP) is 2.18. The molecule has 3 aromatic rings. The summed E-state index contributed by atoms with van der Waals surface area (Å²) in [6, 6.07) is 7.33. The highest BCUT2D eigenvalue weighted by Gasteiger charge is 2.24. The zero-order valence-electron chi connectivity index (χ0n) is 18.6. The Balaban J connectivity index is 1.52. The number of hydrogen-bond donors (Lipinski definition) is 0. The van der Waals surface area contributed by atoms with Crippen molar-refractivity contribution in [3.8, 4) is 11.4 Å². The SMILES string of the molecule is CN=Cc1nn(-c2ccc(S(C)(=O)=O)cc2)c(=O)cc1OC1CCN(c2ncc(Cl)cn2)CC1. The van der Waals surface area contributed by atoms with Gasteiger partial charge in [0.15, 0.2) is 15.6 Å². The number of benzene rings is 1. The minimum Gasteiger partial charge on any atom is -0.488 e. The maximum atomic E-state index is 12.8. The normalized spacial score (nSPS) is 15.1. The second-order valence-electron chi connectivity index (χ2n) is 7.80. The second-order valence-corrected chi connectivity index (χ2v) is 10.3. The Morgan fingerprint density at radius 3 is 2.38 bits per heavy atom. The maximum absolute atomic E-state index is 12.8. The van der Waals surface area contributed by atoms with E-state index in [0.29, 0.717) is 54.0 Å². The largest absolute Gasteiger partial charge is 0.488 e. The molecule has 0 amide bonds. The molecular weight excluding hydrogens is 480 g/mol. The van der Waals surface area contributed by atoms with Crippen LogP contribution < -0.4 is 15.2 Å². The van der Waals surface area contributed by atoms with E-state index in [2.05, 4.69) is 25.0 Å². The standard InChI is InChI=1S/C22H23ClN6O4S/c1-24-14-19-20(33-17-7-9-28(10-8-17)22-25-12-15(23)13-26-22)11-21(30)29(27-19)16-3-5-18(6-4-16)34(2,31)32/h3-6,11-14,17H,7-10H2,1-2H3. The third-order valence-corrected chi connectivity index (χ3v) is 6.63. The van der Waals surface area contributed by atoms with E-state index in [1.165, 1.54) is 41.2 Å². The molecule has 1 aliphatic heterocycles. The van der Waals surface area contributed by atoms with Crippen LogP contribution in [0.2, 0.25) is 5.02 Å². The summed E-state index contributed by atoms with van der Waals surface area (Å²) < 4.78 is 30.7. The fourth-order valence-corrected chi connectivity index (χ4v) is 4.33. The number of aliphatic imine (C=N–C) groups is 1. The summed E-state index contributed by atoms with van der Waals surface area (Å²) in [6.07, 6.45) is 7.10. The van der Waals surface area contributed by atoms with Crippen LogP contribution in [0.25, 0.3) is 5.69 Å². The molecule has 0 N–H and O–H groups in total. The van der Waals surface area contributed by atoms with Gasteiger partial charge in [0.2, 0.25) is 5.95 Å². The van der Waals surface area contributed by atoms with E-state index in [4.69, 9.17) is 16.3 Å². The van der Waals surface area contributed by atoms with Crippen LogP contribution in [0.15, 0.2) is 57.4 Å². The third kappa shape index (κ3) is 5.42. The average Bonchev–Trinajstić information content (AvgIpc) is 2.81. The fourth-order valence-electron chi connectivity index (χ4n) is 3.60. The first-order chi connectivity index (χ1) is 16.2. The van der Waals surface area contributed by atoms with Gasteiger partial charge in [-0.3, -0.25) is 9.79 Å². The Bertz CT molecular complexity index is 1350. The van der Waals surface area contributed by atoms with Crippen LogP contribution in [0.4, 0.5) is 5.95 Å². The summed E-state index contributed by atoms with van der Waals surface area (Å²) in [5.74, 6) is 0.966. The van der Waals surface area contributed by atoms with Crippen LogP contribution in [0.1, 0.15) is 18.5 Å². The lowest BCUT2D eigenvalue weighted by molar-refractivity contribution is 0.169. The van der Waals surface area contributed by atoms with Crippen LogP contribution in [-0.4, -0.2) is 66.9 Å². The van der Waals surface area contributed by atoms with Gasteiger partial charge in [-0.1, -0.05) is 11.6 Å². The molecule has 0 bridgehead atoms. The molecule has 0 unspecified atom stereocenters. The molecular formula is C22H23ClN6O4S. The number of sulfone groups is 1. The van der Waals surface area contributed by atoms with Gasteiger partial charge in [-0.25, -0.2) is 18.4 Å². The van der Waals surface area contributed by atoms with Crippen molar-refractivity contribution in [3.05, 3.63) is 63.8 Å². The van der Waals surface area contributed by atoms with Gasteiger partial charge in [0.05, 0.1) is 34.2 Å². The van der Waals surface area contributed by atoms with E-state index in [-0.39, 0.29) is 11.0 Å². The van der Waals surface area contributed by atoms with Gasteiger partial charge in [-0.2, -0.15) is 9.78 Å². The van der Waals surface area contributed by atoms with Crippen LogP contribution >= 0.6 is 11.6 Å². The summed E-state index contributed by atoms with van der Waals surface area (Å²) in [5.41, 5.74) is 0.436. The number of rotatable bonds is 6. The number of halogens is 1. The smallest absolute Gasteiger partial charge is 0.275 e. The van der Waals surface area contributed by atoms with Crippen molar-refractivity contribution in [2.24, 2.45) is 4.99 Å². The van der Waals surface area contributed by atoms with E-state index < -0.39 is 15.4 Å². The molecule has 0 radical (unpaired) electrons. The van der Waals surface area contributed by atoms with Gasteiger partial charge in [-0.15, -0.1) is 0 Å². The minimum absolute atomic E-state index is 0.112. The molecule has 0 spiro atoms. The lowest BCUT2D eigenvalue weighted by Gasteiger charge is -2.32. The molecule has 1 aromatic carbocycles. The summed E-state index contributed by atoms with van der Waals surface area (Å²) in [4.78, 5) is 27.6. The van der Waals surface area contributed by atoms with Gasteiger partial charge >= 0.3 is 0 Å². The molecule has 0 saturated carbocycles. The quantitative estimate of drug-likeness (QED) is 0.470. The molecule has 0 atom stereocenters. The molecule has 12 heteroatoms. The predicted molar refractivity (Wildman–Crippen MR) is 129 cm³/mol. The molecule has 178 valence electrons. The first-order valence-corrected chi connectivity index (χ1v) is 12.8. The zero-order valence-corrected chi connectivity index (χ0v) is 20.2. The Labute approximate surface area is 201 Å². The van der Waals surface area contributed by atoms with Crippen LogP contribution in [0.5, 0.6) is 5.75 Å². The number of ether oxygens (including phenoxy) is 1. The summed E-state index contributed by atoms with van der Waals surface area (Å²) in [5, 5.41) is 4.88. The molecule has 1 saturated heterocycles. The summed E-state index contributed by atoms with van der Waals surface area (Å²) in [6.45, 7) is 1.39. The highest BCUT2D eigenvalue weighted by Crippen LogP contribution is 2.23. The van der Waals surface area contributed by atoms with Crippen molar-refractivity contribution in [1.29, 1.82) is 0 Å². The summed E-state index contributed by atoms with van der Waals surface area (Å²) >= 11 is 5.86. The van der Waals surface area contributed by atoms with Crippen molar-refractivity contribution in [3.63, 3.8) is 0 Å². The first-order valence-electron chi connectivity index (χ1n) is 10.5. The molecule has 1 aliphatic rings. The Hall–Kier alpha value is -3.31. The molecule has 10 nitrogen and oxygen atoms in total. The molecule has 2 aromatic heterocycles. The van der Waals surface area contributed by atoms with Gasteiger partial charge in [0, 0.05) is 45.3 Å². The van der Waals surface area contributed by atoms with E-state index in [1.807, 2.05) is 0 Å². The van der Waals surface area contributed by atoms with E-state index in [0.717, 1.165) is 6.26 Å². The second kappa shape index (κ2) is 9.90. The lowest BCUT2D eigenvalue weighted by atomic mass is 10.1. The Morgan fingerprint density at radius 1 is 1.15 bits per heavy atom. The van der Waals surface area contributed by atoms with E-state index >= 15 is 0 Å². The van der Waals surface area contributed by atoms with Gasteiger partial charge in [0.25, 0.3) is 5.56 Å². The molecule has 4 rings (SSSR count). The molecule has 3 heterocycles. The van der Waals surface area contributed by atoms with Crippen molar-refractivity contribution >= 4 is 33.6 Å². The first kappa shape index (κ1) is 23.8. The molecule has 34 heavy (non-hydrogen) atoms. The fraction of sp³-hybridized carbons (Fsp3) is 0.318. The summed E-state index contributed by atoms with van der Waals surface area (Å²) in [7, 11) is -1.74. The Morgan fingerprint density at radius 2 is 1.79 bits per heavy atom. The van der Waals surface area contributed by atoms with Gasteiger partial charge in [0.1, 0.15) is 11.8 Å². The maximum Gasteiger partial charge on any atom is 0.275 e. The minimum atomic E-state index is -3.34. The average molecular weight is 503 g/mol. The van der Waals surface area contributed by atoms with Crippen molar-refractivity contribution in [2.75, 3.05) is 31.3 Å². The van der Waals surface area contributed by atoms with Gasteiger partial charge < -0.3 is 9.64 Å². The number of aromatic nitrogens is 4. The van der Waals surface area contributed by atoms with Crippen LogP contribution in [-0.2, 0) is 9.84 Å². The van der Waals surface area contributed by atoms with Crippen LogP contribution in [0.3, 0.4) is 0 Å². The van der Waals surface area contributed by atoms with E-state index in [9.17, 15) is 13.2 Å². The topological polar surface area (TPSA) is 120 Å². The monoisotopic (exact) mass is 502 g/mol. The Kier molecular flexibility index (Phi) is 6.94. The third-order valence-electron chi connectivity index (χ3n) is 5.31. The highest BCUT2D eigenvalue weighted by molar-refractivity contribution is 7.90.